The van der Waals surface area contributed by atoms with Gasteiger partial charge in [0.15, 0.2) is 0 Å². The van der Waals surface area contributed by atoms with Gasteiger partial charge < -0.3 is 19.1 Å². The van der Waals surface area contributed by atoms with E-state index in [9.17, 15) is 4.79 Å². The number of rotatable bonds is 6. The molecule has 0 N–H and O–H groups in total. The van der Waals surface area contributed by atoms with E-state index in [-0.39, 0.29) is 5.91 Å². The first-order valence-electron chi connectivity index (χ1n) is 10.4. The third-order valence-electron chi connectivity index (χ3n) is 5.78. The summed E-state index contributed by atoms with van der Waals surface area (Å²) in [4.78, 5) is 18.6. The van der Waals surface area contributed by atoms with Crippen LogP contribution in [-0.2, 0) is 17.8 Å². The zero-order chi connectivity index (χ0) is 21.1. The van der Waals surface area contributed by atoms with Crippen LogP contribution in [-0.4, -0.2) is 48.7 Å². The van der Waals surface area contributed by atoms with Crippen LogP contribution in [0, 0.1) is 13.8 Å². The third-order valence-corrected chi connectivity index (χ3v) is 6.64. The lowest BCUT2D eigenvalue weighted by Gasteiger charge is -2.29. The summed E-state index contributed by atoms with van der Waals surface area (Å²) in [5.41, 5.74) is 5.29. The first-order chi connectivity index (χ1) is 14.5. The lowest BCUT2D eigenvalue weighted by molar-refractivity contribution is 0.0784. The Morgan fingerprint density at radius 1 is 1.13 bits per heavy atom. The van der Waals surface area contributed by atoms with Crippen LogP contribution >= 0.6 is 11.3 Å². The second-order valence-corrected chi connectivity index (χ2v) is 8.91. The smallest absolute Gasteiger partial charge is 0.255 e. The average molecular weight is 424 g/mol. The number of ether oxygens (including phenoxy) is 1. The molecule has 0 aliphatic carbocycles. The molecule has 0 radical (unpaired) electrons. The molecule has 30 heavy (non-hydrogen) atoms. The number of thiophene rings is 1. The van der Waals surface area contributed by atoms with Gasteiger partial charge in [-0.3, -0.25) is 4.79 Å². The van der Waals surface area contributed by atoms with Gasteiger partial charge in [-0.05, 0) is 49.1 Å². The van der Waals surface area contributed by atoms with Gasteiger partial charge in [0, 0.05) is 48.6 Å². The molecule has 2 aromatic heterocycles. The zero-order valence-corrected chi connectivity index (χ0v) is 18.7. The molecular formula is C24H29N3O2S. The van der Waals surface area contributed by atoms with Crippen molar-refractivity contribution in [1.29, 1.82) is 0 Å². The van der Waals surface area contributed by atoms with E-state index >= 15 is 0 Å². The van der Waals surface area contributed by atoms with E-state index in [1.165, 1.54) is 10.6 Å². The predicted molar refractivity (Wildman–Crippen MR) is 123 cm³/mol. The molecular weight excluding hydrogens is 394 g/mol. The number of amides is 1. The van der Waals surface area contributed by atoms with Crippen LogP contribution in [0.25, 0.3) is 0 Å². The first kappa shape index (κ1) is 20.7. The Hall–Kier alpha value is -2.57. The van der Waals surface area contributed by atoms with Crippen LogP contribution in [0.5, 0.6) is 0 Å². The number of hydrogen-bond acceptors (Lipinski definition) is 4. The summed E-state index contributed by atoms with van der Waals surface area (Å²) in [6.07, 6.45) is 0. The van der Waals surface area contributed by atoms with Crippen molar-refractivity contribution in [2.24, 2.45) is 0 Å². The molecule has 1 aromatic carbocycles. The number of morpholine rings is 1. The van der Waals surface area contributed by atoms with Crippen molar-refractivity contribution in [2.75, 3.05) is 38.3 Å². The fraction of sp³-hybridized carbons (Fsp3) is 0.375. The van der Waals surface area contributed by atoms with E-state index in [1.54, 1.807) is 16.2 Å². The highest BCUT2D eigenvalue weighted by atomic mass is 32.1. The van der Waals surface area contributed by atoms with Crippen LogP contribution in [0.2, 0.25) is 0 Å². The molecule has 1 amide bonds. The largest absolute Gasteiger partial charge is 0.378 e. The number of hydrogen-bond donors (Lipinski definition) is 0. The molecule has 6 heteroatoms. The Bertz CT molecular complexity index is 986. The Kier molecular flexibility index (Phi) is 6.25. The lowest BCUT2D eigenvalue weighted by Crippen LogP contribution is -2.36. The quantitative estimate of drug-likeness (QED) is 0.592. The van der Waals surface area contributed by atoms with Crippen molar-refractivity contribution in [3.63, 3.8) is 0 Å². The van der Waals surface area contributed by atoms with Gasteiger partial charge in [-0.1, -0.05) is 18.2 Å². The highest BCUT2D eigenvalue weighted by molar-refractivity contribution is 7.09. The molecule has 0 bridgehead atoms. The number of aryl methyl sites for hydroxylation is 1. The van der Waals surface area contributed by atoms with Gasteiger partial charge >= 0.3 is 0 Å². The van der Waals surface area contributed by atoms with Crippen molar-refractivity contribution in [2.45, 2.75) is 26.9 Å². The highest BCUT2D eigenvalue weighted by Gasteiger charge is 2.20. The molecule has 3 heterocycles. The van der Waals surface area contributed by atoms with E-state index in [2.05, 4.69) is 58.2 Å². The van der Waals surface area contributed by atoms with E-state index in [1.807, 2.05) is 20.0 Å². The normalized spacial score (nSPS) is 14.2. The minimum atomic E-state index is 0.0674. The maximum atomic E-state index is 13.1. The Morgan fingerprint density at radius 2 is 1.87 bits per heavy atom. The third kappa shape index (κ3) is 4.45. The van der Waals surface area contributed by atoms with E-state index in [0.29, 0.717) is 6.54 Å². The van der Waals surface area contributed by atoms with Gasteiger partial charge in [-0.2, -0.15) is 0 Å². The second kappa shape index (κ2) is 9.06. The molecule has 3 aromatic rings. The number of carbonyl (C=O) groups is 1. The monoisotopic (exact) mass is 423 g/mol. The Balaban J connectivity index is 1.43. The van der Waals surface area contributed by atoms with Crippen molar-refractivity contribution in [3.8, 4) is 0 Å². The summed E-state index contributed by atoms with van der Waals surface area (Å²) in [7, 11) is 1.88. The number of anilines is 1. The van der Waals surface area contributed by atoms with Crippen LogP contribution in [0.3, 0.4) is 0 Å². The number of carbonyl (C=O) groups excluding carboxylic acids is 1. The highest BCUT2D eigenvalue weighted by Crippen LogP contribution is 2.22. The van der Waals surface area contributed by atoms with Gasteiger partial charge in [0.05, 0.1) is 25.3 Å². The van der Waals surface area contributed by atoms with Crippen molar-refractivity contribution < 1.29 is 9.53 Å². The van der Waals surface area contributed by atoms with Gasteiger partial charge in [0.2, 0.25) is 0 Å². The van der Waals surface area contributed by atoms with Crippen LogP contribution in [0.15, 0.2) is 47.8 Å². The van der Waals surface area contributed by atoms with Crippen LogP contribution in [0.1, 0.15) is 32.2 Å². The standard InChI is InChI=1S/C24H29N3O2S/c1-18-15-23(19(2)27(18)17-22-5-4-14-30-22)24(28)25(3)16-20-6-8-21(9-7-20)26-10-12-29-13-11-26/h4-9,14-15H,10-13,16-17H2,1-3H3. The van der Waals surface area contributed by atoms with E-state index in [4.69, 9.17) is 4.74 Å². The molecule has 4 rings (SSSR count). The van der Waals surface area contributed by atoms with Crippen molar-refractivity contribution >= 4 is 22.9 Å². The van der Waals surface area contributed by atoms with Crippen molar-refractivity contribution in [1.82, 2.24) is 9.47 Å². The fourth-order valence-corrected chi connectivity index (χ4v) is 4.70. The van der Waals surface area contributed by atoms with Crippen LogP contribution < -0.4 is 4.90 Å². The molecule has 1 aliphatic rings. The topological polar surface area (TPSA) is 37.7 Å². The van der Waals surface area contributed by atoms with Gasteiger partial charge in [-0.15, -0.1) is 11.3 Å². The SMILES string of the molecule is Cc1cc(C(=O)N(C)Cc2ccc(N3CCOCC3)cc2)c(C)n1Cc1cccs1. The summed E-state index contributed by atoms with van der Waals surface area (Å²) in [5.74, 6) is 0.0674. The molecule has 5 nitrogen and oxygen atoms in total. The minimum absolute atomic E-state index is 0.0674. The predicted octanol–water partition coefficient (Wildman–Crippen LogP) is 4.32. The molecule has 0 spiro atoms. The van der Waals surface area contributed by atoms with Crippen LogP contribution in [0.4, 0.5) is 5.69 Å². The molecule has 158 valence electrons. The van der Waals surface area contributed by atoms with E-state index < -0.39 is 0 Å². The molecule has 1 fully saturated rings. The summed E-state index contributed by atoms with van der Waals surface area (Å²) in [5, 5.41) is 2.09. The molecule has 0 saturated carbocycles. The van der Waals surface area contributed by atoms with Gasteiger partial charge in [-0.25, -0.2) is 0 Å². The summed E-state index contributed by atoms with van der Waals surface area (Å²) in [6, 6.07) is 14.8. The number of benzene rings is 1. The zero-order valence-electron chi connectivity index (χ0n) is 17.9. The molecule has 1 saturated heterocycles. The molecule has 0 unspecified atom stereocenters. The molecule has 1 aliphatic heterocycles. The first-order valence-corrected chi connectivity index (χ1v) is 11.3. The minimum Gasteiger partial charge on any atom is -0.378 e. The lowest BCUT2D eigenvalue weighted by atomic mass is 10.1. The maximum Gasteiger partial charge on any atom is 0.255 e. The summed E-state index contributed by atoms with van der Waals surface area (Å²) in [6.45, 7) is 8.94. The number of aromatic nitrogens is 1. The maximum absolute atomic E-state index is 13.1. The second-order valence-electron chi connectivity index (χ2n) is 7.88. The van der Waals surface area contributed by atoms with E-state index in [0.717, 1.165) is 55.4 Å². The van der Waals surface area contributed by atoms with Gasteiger partial charge in [0.25, 0.3) is 5.91 Å². The number of nitrogens with zero attached hydrogens (tertiary/aromatic N) is 3. The van der Waals surface area contributed by atoms with Crippen molar-refractivity contribution in [3.05, 3.63) is 75.2 Å². The average Bonchev–Trinajstić information content (AvgIpc) is 3.38. The van der Waals surface area contributed by atoms with Gasteiger partial charge in [0.1, 0.15) is 0 Å². The summed E-state index contributed by atoms with van der Waals surface area (Å²) < 4.78 is 7.65. The fourth-order valence-electron chi connectivity index (χ4n) is 4.00. The Labute approximate surface area is 182 Å². The Morgan fingerprint density at radius 3 is 2.53 bits per heavy atom. The molecule has 0 atom stereocenters. The summed E-state index contributed by atoms with van der Waals surface area (Å²) >= 11 is 1.75.